The van der Waals surface area contributed by atoms with Crippen LogP contribution in [0.4, 0.5) is 0 Å². The Morgan fingerprint density at radius 3 is 1.22 bits per heavy atom. The monoisotopic (exact) mass is 1820 g/mol. The van der Waals surface area contributed by atoms with Crippen LogP contribution in [0, 0.1) is 20.8 Å². The number of hydrogen-bond donors (Lipinski definition) is 11. The highest BCUT2D eigenvalue weighted by Crippen LogP contribution is 2.51. The molecule has 0 radical (unpaired) electrons. The molecule has 19 N–H and O–H groups in total. The highest BCUT2D eigenvalue weighted by Gasteiger charge is 2.45. The van der Waals surface area contributed by atoms with Crippen molar-refractivity contribution in [1.82, 2.24) is 0 Å². The third-order valence-electron chi connectivity index (χ3n) is 29.5. The van der Waals surface area contributed by atoms with Gasteiger partial charge in [-0.1, -0.05) is 213 Å². The molecule has 0 spiro atoms. The molecule has 0 saturated carbocycles. The van der Waals surface area contributed by atoms with Gasteiger partial charge >= 0.3 is 0 Å². The second kappa shape index (κ2) is 43.1. The second-order valence-electron chi connectivity index (χ2n) is 41.3. The fraction of sp³-hybridized carbons (Fsp3) is 0.466. The molecule has 720 valence electrons. The number of aryl methyl sites for hydroxylation is 4. The number of rotatable bonds is 11. The van der Waals surface area contributed by atoms with Gasteiger partial charge in [-0.15, -0.1) is 0 Å². The number of fused-ring (bicyclic) bond motifs is 12. The molecule has 1 aliphatic carbocycles. The number of aliphatic hydroxyl groups excluding tert-OH is 2. The Bertz CT molecular complexity index is 5730. The molecule has 18 nitrogen and oxygen atoms in total. The molecule has 16 atom stereocenters. The molecular weight excluding hydrogens is 1670 g/mol. The maximum atomic E-state index is 9.37. The van der Waals surface area contributed by atoms with Gasteiger partial charge in [0.05, 0.1) is 52.0 Å². The lowest BCUT2D eigenvalue weighted by Crippen LogP contribution is -2.50. The van der Waals surface area contributed by atoms with Crippen molar-refractivity contribution in [2.75, 3.05) is 46.2 Å². The molecule has 0 unspecified atom stereocenters. The van der Waals surface area contributed by atoms with E-state index in [9.17, 15) is 10.2 Å². The highest BCUT2D eigenvalue weighted by molar-refractivity contribution is 5.91. The minimum atomic E-state index is -0.324. The van der Waals surface area contributed by atoms with E-state index in [4.69, 9.17) is 84.1 Å². The molecule has 0 bridgehead atoms. The summed E-state index contributed by atoms with van der Waals surface area (Å²) in [5.74, 6) is 9.85. The summed E-state index contributed by atoms with van der Waals surface area (Å²) in [6.07, 6.45) is 10.4. The van der Waals surface area contributed by atoms with Gasteiger partial charge in [0.25, 0.3) is 0 Å². The summed E-state index contributed by atoms with van der Waals surface area (Å²) in [7, 11) is 0. The van der Waals surface area contributed by atoms with Crippen molar-refractivity contribution in [3.05, 3.63) is 284 Å². The van der Waals surface area contributed by atoms with Crippen LogP contribution >= 0.6 is 0 Å². The van der Waals surface area contributed by atoms with Gasteiger partial charge in [-0.05, 0) is 277 Å². The fourth-order valence-electron chi connectivity index (χ4n) is 22.3. The number of benzene rings is 11. The van der Waals surface area contributed by atoms with Gasteiger partial charge in [-0.3, -0.25) is 0 Å². The third-order valence-corrected chi connectivity index (χ3v) is 29.5. The van der Waals surface area contributed by atoms with Gasteiger partial charge in [0.2, 0.25) is 0 Å². The van der Waals surface area contributed by atoms with E-state index in [0.717, 1.165) is 127 Å². The van der Waals surface area contributed by atoms with Gasteiger partial charge < -0.3 is 94.3 Å². The quantitative estimate of drug-likeness (QED) is 0.0573. The zero-order valence-electron chi connectivity index (χ0n) is 83.5. The van der Waals surface area contributed by atoms with Gasteiger partial charge in [0, 0.05) is 75.5 Å². The van der Waals surface area contributed by atoms with Crippen LogP contribution in [0.3, 0.4) is 0 Å². The Morgan fingerprint density at radius 1 is 0.291 bits per heavy atom. The number of phenolic OH excluding ortho intramolecular Hbond substituents is 1. The van der Waals surface area contributed by atoms with Gasteiger partial charge in [0.1, 0.15) is 92.2 Å². The van der Waals surface area contributed by atoms with Gasteiger partial charge in [-0.2, -0.15) is 0 Å². The van der Waals surface area contributed by atoms with Crippen LogP contribution in [0.25, 0.3) is 32.7 Å². The number of hydrogen-bond acceptors (Lipinski definition) is 18. The van der Waals surface area contributed by atoms with Crippen LogP contribution in [-0.4, -0.2) is 106 Å². The predicted octanol–water partition coefficient (Wildman–Crippen LogP) is 22.5. The smallest absolute Gasteiger partial charge is 0.130 e. The van der Waals surface area contributed by atoms with E-state index in [1.165, 1.54) is 88.3 Å². The summed E-state index contributed by atoms with van der Waals surface area (Å²) in [4.78, 5) is 0. The molecule has 0 fully saturated rings. The Balaban J connectivity index is 0.000000138. The average Bonchev–Trinajstić information content (AvgIpc) is 0.746. The molecule has 134 heavy (non-hydrogen) atoms. The number of phenols is 1. The van der Waals surface area contributed by atoms with E-state index in [1.807, 2.05) is 50.2 Å². The van der Waals surface area contributed by atoms with Crippen molar-refractivity contribution in [2.24, 2.45) is 45.9 Å². The lowest BCUT2D eigenvalue weighted by atomic mass is 9.70. The van der Waals surface area contributed by atoms with E-state index in [2.05, 4.69) is 275 Å². The molecule has 18 heteroatoms. The minimum absolute atomic E-state index is 0.0605. The maximum absolute atomic E-state index is 9.37. The number of nitrogens with two attached hydrogens (primary N) is 8. The van der Waals surface area contributed by atoms with E-state index in [1.54, 1.807) is 12.1 Å². The van der Waals surface area contributed by atoms with Crippen molar-refractivity contribution >= 4 is 21.5 Å². The standard InChI is InChI=1S/C18H21NO.2C16H19NO.2C14H21NO.C13H19NO2.C13H19NO.C12H17NO2/c1-3-16-15-11-14(13-7-5-4-6-8-13)9-10-17(15)20-12-18(16,2)19;1-3-14-13-9-8-11-6-4-5-7-12(11)15(13)18-10-16(14,2)17;1-3-13-15-12-7-5-4-6-11(12)8-9-14(15)18-10-16(13,2)17;1-5-11-13-10(3)6-9(2)7-12(13)16-8-14(11,4)15;1-3-13-12-8-10(9-16)4-5-11(12)6-7-14(13,2)15;1-3-11-10-6-9(7-15)4-5-12(10)16-8-13(11,2)14;1-4-11-10-7-9(2)5-6-12(10)15-8-13(11,3)14;1-3-10-9-5-4-8(14)6-11(9)15-7-12(10,2)13/h4-11,16H,3,12,19H2,1-2H3;4-9,14H,3,10,17H2,1-2H3;4-9,13H,3,10,17H2,1-2H3;6-7,11H,5,8,15H2,1-4H3;4-5,8,13,16H,3,6-7,9,15H2,1-2H3;4-6,11,15H,3,7-8,14H2,1-2H3;5-7,11H,4,8,14H2,1-3H3;4-6,10,14H,3,7,13H2,1-2H3/t16-,18+;14-,16+;13-,16+;11-,14+;13-,14+;2*11-,13+;10-,12+/m00000000/s1. The topological polar surface area (TPSA) is 333 Å². The average molecular weight is 1820 g/mol. The first kappa shape index (κ1) is 103. The predicted molar refractivity (Wildman–Crippen MR) is 551 cm³/mol. The summed E-state index contributed by atoms with van der Waals surface area (Å²) < 4.78 is 40.4. The van der Waals surface area contributed by atoms with E-state index < -0.39 is 0 Å². The first-order chi connectivity index (χ1) is 63.6. The van der Waals surface area contributed by atoms with Crippen LogP contribution in [0.15, 0.2) is 206 Å². The molecule has 11 aromatic carbocycles. The van der Waals surface area contributed by atoms with Crippen molar-refractivity contribution in [2.45, 2.75) is 301 Å². The first-order valence-electron chi connectivity index (χ1n) is 49.0. The van der Waals surface area contributed by atoms with Crippen LogP contribution in [0.1, 0.15) is 294 Å². The molecule has 7 heterocycles. The number of aliphatic hydroxyl groups is 2. The third kappa shape index (κ3) is 22.9. The van der Waals surface area contributed by atoms with Crippen LogP contribution in [0.5, 0.6) is 46.0 Å². The highest BCUT2D eigenvalue weighted by atomic mass is 16.5. The first-order valence-corrected chi connectivity index (χ1v) is 49.0. The summed E-state index contributed by atoms with van der Waals surface area (Å²) in [5, 5.41) is 32.7. The molecule has 7 aliphatic heterocycles. The van der Waals surface area contributed by atoms with E-state index in [0.29, 0.717) is 93.6 Å². The van der Waals surface area contributed by atoms with Crippen molar-refractivity contribution in [1.29, 1.82) is 0 Å². The zero-order chi connectivity index (χ0) is 97.2. The van der Waals surface area contributed by atoms with Crippen molar-refractivity contribution < 1.29 is 48.5 Å². The Kier molecular flexibility index (Phi) is 33.1. The van der Waals surface area contributed by atoms with E-state index in [-0.39, 0.29) is 63.3 Å². The normalized spacial score (nSPS) is 27.7. The number of ether oxygens (including phenoxy) is 7. The lowest BCUT2D eigenvalue weighted by Gasteiger charge is -2.40. The molecule has 0 saturated heterocycles. The second-order valence-corrected chi connectivity index (χ2v) is 41.3. The maximum Gasteiger partial charge on any atom is 0.130 e. The molecule has 19 rings (SSSR count). The summed E-state index contributed by atoms with van der Waals surface area (Å²) >= 11 is 0. The lowest BCUT2D eigenvalue weighted by molar-refractivity contribution is 0.170. The van der Waals surface area contributed by atoms with E-state index >= 15 is 0 Å². The van der Waals surface area contributed by atoms with Gasteiger partial charge in [-0.25, -0.2) is 0 Å². The van der Waals surface area contributed by atoms with Crippen molar-refractivity contribution in [3.63, 3.8) is 0 Å². The summed E-state index contributed by atoms with van der Waals surface area (Å²) in [5.41, 5.74) is 68.1. The Hall–Kier alpha value is -10.1. The molecule has 0 amide bonds. The molecular formula is C116H156N8O10. The Morgan fingerprint density at radius 2 is 0.679 bits per heavy atom. The molecule has 11 aromatic rings. The van der Waals surface area contributed by atoms with Crippen LogP contribution in [-0.2, 0) is 19.6 Å². The molecule has 8 aliphatic rings. The molecule has 0 aromatic heterocycles. The Labute approximate surface area is 799 Å². The van der Waals surface area contributed by atoms with Gasteiger partial charge in [0.15, 0.2) is 0 Å². The van der Waals surface area contributed by atoms with Crippen LogP contribution < -0.4 is 79.0 Å². The fourth-order valence-corrected chi connectivity index (χ4v) is 22.3. The zero-order valence-corrected chi connectivity index (χ0v) is 83.5. The minimum Gasteiger partial charge on any atom is -0.508 e. The van der Waals surface area contributed by atoms with Crippen LogP contribution in [0.2, 0.25) is 0 Å². The van der Waals surface area contributed by atoms with Crippen molar-refractivity contribution in [3.8, 4) is 57.1 Å². The SMILES string of the molecule is CC[C@H]1c2c(C)cc(C)cc2OC[C@@]1(C)N.CC[C@H]1c2c(ccc3ccccc23)OC[C@@]1(C)N.CC[C@H]1c2cc(-c3ccccc3)ccc2OC[C@@]1(C)N.CC[C@H]1c2cc(C)ccc2OC[C@@]1(C)N.CC[C@H]1c2cc(CO)ccc2CC[C@@]1(C)N.CC[C@H]1c2cc(CO)ccc2OC[C@@]1(C)N.CC[C@H]1c2ccc(O)cc2OC[C@@]1(C)N.CC[C@H]1c2ccc3ccccc3c2OC[C@@]1(C)N. The summed E-state index contributed by atoms with van der Waals surface area (Å²) in [6.45, 7) is 44.6. The number of aromatic hydroxyl groups is 1. The largest absolute Gasteiger partial charge is 0.508 e. The summed E-state index contributed by atoms with van der Waals surface area (Å²) in [6, 6.07) is 70.3.